The first kappa shape index (κ1) is 18.0. The second-order valence-corrected chi connectivity index (χ2v) is 7.38. The molecule has 2 heterocycles. The van der Waals surface area contributed by atoms with Gasteiger partial charge in [-0.1, -0.05) is 30.3 Å². The van der Waals surface area contributed by atoms with E-state index in [2.05, 4.69) is 39.5 Å². The number of nitrogens with zero attached hydrogens (tertiary/aromatic N) is 2. The van der Waals surface area contributed by atoms with E-state index in [0.29, 0.717) is 12.3 Å². The van der Waals surface area contributed by atoms with Gasteiger partial charge >= 0.3 is 0 Å². The maximum Gasteiger partial charge on any atom is 0.230 e. The summed E-state index contributed by atoms with van der Waals surface area (Å²) in [4.78, 5) is 18.7. The Morgan fingerprint density at radius 1 is 1.08 bits per heavy atom. The second-order valence-electron chi connectivity index (χ2n) is 6.39. The van der Waals surface area contributed by atoms with E-state index in [9.17, 15) is 4.79 Å². The van der Waals surface area contributed by atoms with Crippen molar-refractivity contribution in [3.63, 3.8) is 0 Å². The van der Waals surface area contributed by atoms with Crippen molar-refractivity contribution in [1.29, 1.82) is 0 Å². The molecule has 1 aromatic carbocycles. The number of benzene rings is 1. The molecule has 1 N–H and O–H groups in total. The Kier molecular flexibility index (Phi) is 6.89. The molecule has 5 heteroatoms. The van der Waals surface area contributed by atoms with Crippen molar-refractivity contribution in [1.82, 2.24) is 15.2 Å². The van der Waals surface area contributed by atoms with E-state index < -0.39 is 0 Å². The molecule has 1 saturated heterocycles. The van der Waals surface area contributed by atoms with Gasteiger partial charge in [-0.2, -0.15) is 0 Å². The molecule has 0 aliphatic carbocycles. The van der Waals surface area contributed by atoms with Crippen molar-refractivity contribution in [3.05, 3.63) is 65.5 Å². The topological polar surface area (TPSA) is 45.2 Å². The molecule has 1 aromatic heterocycles. The molecule has 1 aliphatic rings. The first-order valence-electron chi connectivity index (χ1n) is 8.84. The molecule has 3 rings (SSSR count). The summed E-state index contributed by atoms with van der Waals surface area (Å²) in [6.45, 7) is 4.06. The highest BCUT2D eigenvalue weighted by Crippen LogP contribution is 2.13. The summed E-state index contributed by atoms with van der Waals surface area (Å²) in [5.41, 5.74) is 3.50. The lowest BCUT2D eigenvalue weighted by molar-refractivity contribution is -0.118. The number of hydrogen-bond donors (Lipinski definition) is 1. The van der Waals surface area contributed by atoms with Crippen molar-refractivity contribution in [2.75, 3.05) is 18.8 Å². The molecule has 1 aliphatic heterocycles. The van der Waals surface area contributed by atoms with E-state index in [1.807, 2.05) is 18.2 Å². The van der Waals surface area contributed by atoms with Gasteiger partial charge in [-0.05, 0) is 49.2 Å². The van der Waals surface area contributed by atoms with Crippen LogP contribution in [0.25, 0.3) is 0 Å². The minimum absolute atomic E-state index is 0.0714. The number of amides is 1. The number of thioether (sulfide) groups is 1. The number of likely N-dealkylation sites (tertiary alicyclic amines) is 1. The van der Waals surface area contributed by atoms with Crippen LogP contribution in [0.5, 0.6) is 0 Å². The zero-order valence-electron chi connectivity index (χ0n) is 14.5. The van der Waals surface area contributed by atoms with E-state index in [-0.39, 0.29) is 5.91 Å². The number of aromatic nitrogens is 1. The van der Waals surface area contributed by atoms with Crippen LogP contribution in [0.15, 0.2) is 48.7 Å². The Hall–Kier alpha value is -1.85. The van der Waals surface area contributed by atoms with Crippen LogP contribution in [0.4, 0.5) is 0 Å². The van der Waals surface area contributed by atoms with E-state index in [1.165, 1.54) is 31.5 Å². The first-order valence-corrected chi connectivity index (χ1v) is 9.99. The summed E-state index contributed by atoms with van der Waals surface area (Å²) in [5.74, 6) is 1.30. The van der Waals surface area contributed by atoms with Gasteiger partial charge < -0.3 is 5.32 Å². The van der Waals surface area contributed by atoms with Gasteiger partial charge in [0.05, 0.1) is 11.4 Å². The van der Waals surface area contributed by atoms with Crippen LogP contribution in [-0.4, -0.2) is 34.6 Å². The van der Waals surface area contributed by atoms with E-state index in [0.717, 1.165) is 23.6 Å². The fourth-order valence-corrected chi connectivity index (χ4v) is 3.71. The fourth-order valence-electron chi connectivity index (χ4n) is 2.94. The van der Waals surface area contributed by atoms with Gasteiger partial charge in [0, 0.05) is 25.0 Å². The minimum Gasteiger partial charge on any atom is -0.351 e. The minimum atomic E-state index is 0.0714. The average Bonchev–Trinajstić information content (AvgIpc) is 3.15. The molecule has 2 aromatic rings. The van der Waals surface area contributed by atoms with Gasteiger partial charge in [-0.15, -0.1) is 11.8 Å². The number of carbonyl (C=O) groups is 1. The van der Waals surface area contributed by atoms with Gasteiger partial charge in [-0.3, -0.25) is 14.7 Å². The lowest BCUT2D eigenvalue weighted by Gasteiger charge is -2.14. The molecule has 132 valence electrons. The second kappa shape index (κ2) is 9.59. The molecule has 0 unspecified atom stereocenters. The Labute approximate surface area is 154 Å². The molecule has 0 spiro atoms. The Morgan fingerprint density at radius 2 is 1.84 bits per heavy atom. The molecule has 4 nitrogen and oxygen atoms in total. The lowest BCUT2D eigenvalue weighted by atomic mass is 10.1. The SMILES string of the molecule is O=C(CSCc1ccccn1)NCc1ccc(CN2CCCC2)cc1. The number of pyridine rings is 1. The number of rotatable bonds is 8. The zero-order valence-corrected chi connectivity index (χ0v) is 15.3. The monoisotopic (exact) mass is 355 g/mol. The van der Waals surface area contributed by atoms with Gasteiger partial charge in [-0.25, -0.2) is 0 Å². The summed E-state index contributed by atoms with van der Waals surface area (Å²) in [6.07, 6.45) is 4.42. The molecule has 25 heavy (non-hydrogen) atoms. The largest absolute Gasteiger partial charge is 0.351 e. The quantitative estimate of drug-likeness (QED) is 0.790. The van der Waals surface area contributed by atoms with E-state index in [4.69, 9.17) is 0 Å². The molecule has 1 fully saturated rings. The predicted molar refractivity (Wildman–Crippen MR) is 103 cm³/mol. The third-order valence-corrected chi connectivity index (χ3v) is 5.29. The van der Waals surface area contributed by atoms with Crippen LogP contribution in [0.3, 0.4) is 0 Å². The van der Waals surface area contributed by atoms with Gasteiger partial charge in [0.2, 0.25) is 5.91 Å². The molecular weight excluding hydrogens is 330 g/mol. The first-order chi connectivity index (χ1) is 12.3. The maximum atomic E-state index is 11.9. The van der Waals surface area contributed by atoms with Crippen molar-refractivity contribution < 1.29 is 4.79 Å². The third-order valence-electron chi connectivity index (χ3n) is 4.33. The van der Waals surface area contributed by atoms with Crippen LogP contribution in [0, 0.1) is 0 Å². The molecule has 0 radical (unpaired) electrons. The summed E-state index contributed by atoms with van der Waals surface area (Å²) in [7, 11) is 0. The van der Waals surface area contributed by atoms with Crippen molar-refractivity contribution in [2.45, 2.75) is 31.7 Å². The fraction of sp³-hybridized carbons (Fsp3) is 0.400. The standard InChI is InChI=1S/C20H25N3OS/c24-20(16-25-15-19-5-1-2-10-21-19)22-13-17-6-8-18(9-7-17)14-23-11-3-4-12-23/h1-2,5-10H,3-4,11-16H2,(H,22,24). The Bertz CT molecular complexity index is 654. The molecule has 0 saturated carbocycles. The molecule has 0 bridgehead atoms. The Balaban J connectivity index is 1.35. The van der Waals surface area contributed by atoms with Crippen LogP contribution in [0.1, 0.15) is 29.7 Å². The summed E-state index contributed by atoms with van der Waals surface area (Å²) in [5, 5.41) is 2.99. The smallest absolute Gasteiger partial charge is 0.230 e. The van der Waals surface area contributed by atoms with E-state index in [1.54, 1.807) is 18.0 Å². The van der Waals surface area contributed by atoms with E-state index >= 15 is 0 Å². The van der Waals surface area contributed by atoms with Crippen LogP contribution < -0.4 is 5.32 Å². The van der Waals surface area contributed by atoms with Crippen molar-refractivity contribution in [2.24, 2.45) is 0 Å². The third kappa shape index (κ3) is 6.18. The summed E-state index contributed by atoms with van der Waals surface area (Å²) < 4.78 is 0. The maximum absolute atomic E-state index is 11.9. The Morgan fingerprint density at radius 3 is 2.56 bits per heavy atom. The van der Waals surface area contributed by atoms with Crippen LogP contribution in [0.2, 0.25) is 0 Å². The van der Waals surface area contributed by atoms with Crippen LogP contribution >= 0.6 is 11.8 Å². The average molecular weight is 356 g/mol. The zero-order chi connectivity index (χ0) is 17.3. The highest BCUT2D eigenvalue weighted by atomic mass is 32.2. The molecule has 0 atom stereocenters. The van der Waals surface area contributed by atoms with Crippen molar-refractivity contribution in [3.8, 4) is 0 Å². The number of nitrogens with one attached hydrogen (secondary N) is 1. The summed E-state index contributed by atoms with van der Waals surface area (Å²) in [6, 6.07) is 14.4. The van der Waals surface area contributed by atoms with Crippen LogP contribution in [-0.2, 0) is 23.6 Å². The molecule has 1 amide bonds. The number of hydrogen-bond acceptors (Lipinski definition) is 4. The summed E-state index contributed by atoms with van der Waals surface area (Å²) >= 11 is 1.59. The number of carbonyl (C=O) groups excluding carboxylic acids is 1. The van der Waals surface area contributed by atoms with Crippen molar-refractivity contribution >= 4 is 17.7 Å². The predicted octanol–water partition coefficient (Wildman–Crippen LogP) is 3.23. The van der Waals surface area contributed by atoms with Gasteiger partial charge in [0.1, 0.15) is 0 Å². The molecular formula is C20H25N3OS. The lowest BCUT2D eigenvalue weighted by Crippen LogP contribution is -2.24. The van der Waals surface area contributed by atoms with Gasteiger partial charge in [0.25, 0.3) is 0 Å². The normalized spacial score (nSPS) is 14.6. The van der Waals surface area contributed by atoms with Gasteiger partial charge in [0.15, 0.2) is 0 Å². The highest BCUT2D eigenvalue weighted by Gasteiger charge is 2.11. The highest BCUT2D eigenvalue weighted by molar-refractivity contribution is 7.99.